The number of aliphatic hydroxyl groups excluding tert-OH is 1. The third kappa shape index (κ3) is 2.38. The quantitative estimate of drug-likeness (QED) is 0.628. The maximum Gasteiger partial charge on any atom is 0.352 e. The van der Waals surface area contributed by atoms with Crippen molar-refractivity contribution in [2.24, 2.45) is 5.41 Å². The molecule has 0 spiro atoms. The van der Waals surface area contributed by atoms with Crippen molar-refractivity contribution in [3.8, 4) is 0 Å². The summed E-state index contributed by atoms with van der Waals surface area (Å²) in [6, 6.07) is 0.697. The lowest BCUT2D eigenvalue weighted by atomic mass is 9.65. The smallest absolute Gasteiger partial charge is 0.352 e. The Balaban J connectivity index is 2.17. The van der Waals surface area contributed by atoms with Crippen LogP contribution in [0.25, 0.3) is 0 Å². The van der Waals surface area contributed by atoms with E-state index in [0.717, 1.165) is 12.3 Å². The molecular formula is C11H16N2O5S. The van der Waals surface area contributed by atoms with Gasteiger partial charge in [0, 0.05) is 17.7 Å². The minimum Gasteiger partial charge on any atom is -0.477 e. The van der Waals surface area contributed by atoms with Crippen LogP contribution in [0.5, 0.6) is 0 Å². The van der Waals surface area contributed by atoms with Crippen molar-refractivity contribution in [1.82, 2.24) is 9.71 Å². The van der Waals surface area contributed by atoms with Crippen molar-refractivity contribution >= 4 is 16.0 Å². The Morgan fingerprint density at radius 3 is 2.58 bits per heavy atom. The van der Waals surface area contributed by atoms with Crippen molar-refractivity contribution in [2.45, 2.75) is 37.3 Å². The topological polar surface area (TPSA) is 119 Å². The number of aromatic carboxylic acids is 1. The van der Waals surface area contributed by atoms with Crippen molar-refractivity contribution in [1.29, 1.82) is 0 Å². The van der Waals surface area contributed by atoms with Gasteiger partial charge in [-0.3, -0.25) is 0 Å². The Morgan fingerprint density at radius 2 is 2.16 bits per heavy atom. The fourth-order valence-electron chi connectivity index (χ4n) is 2.01. The molecule has 0 aromatic carbocycles. The molecule has 1 heterocycles. The third-order valence-corrected chi connectivity index (χ3v) is 5.16. The van der Waals surface area contributed by atoms with Crippen LogP contribution in [0.1, 0.15) is 30.8 Å². The van der Waals surface area contributed by atoms with Crippen molar-refractivity contribution in [3.63, 3.8) is 0 Å². The molecule has 0 saturated heterocycles. The van der Waals surface area contributed by atoms with Crippen LogP contribution in [-0.2, 0) is 10.0 Å². The van der Waals surface area contributed by atoms with Gasteiger partial charge in [0.2, 0.25) is 10.0 Å². The van der Waals surface area contributed by atoms with E-state index in [9.17, 15) is 18.3 Å². The van der Waals surface area contributed by atoms with Crippen LogP contribution in [0, 0.1) is 5.41 Å². The molecule has 2 atom stereocenters. The highest BCUT2D eigenvalue weighted by Crippen LogP contribution is 2.41. The van der Waals surface area contributed by atoms with Gasteiger partial charge in [0.05, 0.1) is 6.10 Å². The number of aliphatic hydroxyl groups is 1. The summed E-state index contributed by atoms with van der Waals surface area (Å²) in [6.45, 7) is 3.54. The number of hydrogen-bond donors (Lipinski definition) is 4. The van der Waals surface area contributed by atoms with E-state index in [2.05, 4.69) is 9.71 Å². The normalized spacial score (nSPS) is 25.8. The number of carboxylic acid groups (broad SMARTS) is 1. The first-order valence-electron chi connectivity index (χ1n) is 5.76. The Kier molecular flexibility index (Phi) is 3.20. The van der Waals surface area contributed by atoms with Gasteiger partial charge in [-0.25, -0.2) is 17.9 Å². The summed E-state index contributed by atoms with van der Waals surface area (Å²) >= 11 is 0. The molecular weight excluding hydrogens is 272 g/mol. The molecule has 1 aromatic heterocycles. The summed E-state index contributed by atoms with van der Waals surface area (Å²) in [5.74, 6) is -1.22. The molecule has 8 heteroatoms. The third-order valence-electron chi connectivity index (χ3n) is 3.71. The number of aromatic nitrogens is 1. The molecule has 106 valence electrons. The van der Waals surface area contributed by atoms with Crippen LogP contribution in [0.4, 0.5) is 0 Å². The van der Waals surface area contributed by atoms with Crippen LogP contribution in [-0.4, -0.2) is 41.7 Å². The van der Waals surface area contributed by atoms with Crippen LogP contribution >= 0.6 is 0 Å². The standard InChI is InChI=1S/C11H16N2O5S/c1-11(2)8(4-9(11)14)13-19(17,18)6-3-7(10(15)16)12-5-6/h3,5,8-9,12-14H,4H2,1-2H3,(H,15,16). The lowest BCUT2D eigenvalue weighted by Crippen LogP contribution is -2.61. The summed E-state index contributed by atoms with van der Waals surface area (Å²) < 4.78 is 26.6. The van der Waals surface area contributed by atoms with Gasteiger partial charge < -0.3 is 15.2 Å². The van der Waals surface area contributed by atoms with Gasteiger partial charge >= 0.3 is 5.97 Å². The summed E-state index contributed by atoms with van der Waals surface area (Å²) in [6.07, 6.45) is 0.942. The van der Waals surface area contributed by atoms with Crippen molar-refractivity contribution in [2.75, 3.05) is 0 Å². The largest absolute Gasteiger partial charge is 0.477 e. The van der Waals surface area contributed by atoms with E-state index in [1.807, 2.05) is 0 Å². The minimum atomic E-state index is -3.78. The van der Waals surface area contributed by atoms with Crippen LogP contribution in [0.15, 0.2) is 17.2 Å². The van der Waals surface area contributed by atoms with Gasteiger partial charge in [0.15, 0.2) is 0 Å². The molecule has 1 aromatic rings. The predicted molar refractivity (Wildman–Crippen MR) is 66.3 cm³/mol. The lowest BCUT2D eigenvalue weighted by Gasteiger charge is -2.49. The summed E-state index contributed by atoms with van der Waals surface area (Å²) in [7, 11) is -3.78. The molecule has 1 aliphatic carbocycles. The highest BCUT2D eigenvalue weighted by molar-refractivity contribution is 7.89. The first kappa shape index (κ1) is 14.0. The molecule has 0 amide bonds. The van der Waals surface area contributed by atoms with E-state index >= 15 is 0 Å². The van der Waals surface area contributed by atoms with Gasteiger partial charge in [0.25, 0.3) is 0 Å². The van der Waals surface area contributed by atoms with Crippen molar-refractivity contribution in [3.05, 3.63) is 18.0 Å². The first-order valence-corrected chi connectivity index (χ1v) is 7.25. The number of sulfonamides is 1. The van der Waals surface area contributed by atoms with E-state index < -0.39 is 27.5 Å². The van der Waals surface area contributed by atoms with Gasteiger partial charge in [-0.15, -0.1) is 0 Å². The number of aromatic amines is 1. The number of nitrogens with one attached hydrogen (secondary N) is 2. The fraction of sp³-hybridized carbons (Fsp3) is 0.545. The summed E-state index contributed by atoms with van der Waals surface area (Å²) in [5.41, 5.74) is -0.716. The van der Waals surface area contributed by atoms with Crippen LogP contribution < -0.4 is 4.72 Å². The highest BCUT2D eigenvalue weighted by Gasteiger charge is 2.49. The molecule has 19 heavy (non-hydrogen) atoms. The first-order chi connectivity index (χ1) is 8.64. The van der Waals surface area contributed by atoms with E-state index in [4.69, 9.17) is 5.11 Å². The Morgan fingerprint density at radius 1 is 1.53 bits per heavy atom. The average Bonchev–Trinajstić information content (AvgIpc) is 2.78. The molecule has 4 N–H and O–H groups in total. The number of rotatable bonds is 4. The zero-order valence-electron chi connectivity index (χ0n) is 10.5. The monoisotopic (exact) mass is 288 g/mol. The number of H-pyrrole nitrogens is 1. The molecule has 1 saturated carbocycles. The zero-order chi connectivity index (χ0) is 14.4. The molecule has 0 aliphatic heterocycles. The Labute approximate surface area is 110 Å². The minimum absolute atomic E-state index is 0.123. The van der Waals surface area contributed by atoms with E-state index in [1.54, 1.807) is 13.8 Å². The SMILES string of the molecule is CC1(C)C(O)CC1NS(=O)(=O)c1c[nH]c(C(=O)O)c1. The highest BCUT2D eigenvalue weighted by atomic mass is 32.2. The van der Waals surface area contributed by atoms with Gasteiger partial charge in [-0.1, -0.05) is 13.8 Å². The molecule has 0 bridgehead atoms. The maximum absolute atomic E-state index is 12.1. The molecule has 1 aliphatic rings. The second-order valence-corrected chi connectivity index (χ2v) is 7.01. The number of hydrogen-bond acceptors (Lipinski definition) is 4. The molecule has 2 unspecified atom stereocenters. The van der Waals surface area contributed by atoms with Crippen LogP contribution in [0.3, 0.4) is 0 Å². The number of carbonyl (C=O) groups is 1. The molecule has 1 fully saturated rings. The van der Waals surface area contributed by atoms with Crippen LogP contribution in [0.2, 0.25) is 0 Å². The summed E-state index contributed by atoms with van der Waals surface area (Å²) in [5, 5.41) is 18.3. The zero-order valence-corrected chi connectivity index (χ0v) is 11.4. The van der Waals surface area contributed by atoms with E-state index in [-0.39, 0.29) is 16.6 Å². The van der Waals surface area contributed by atoms with Gasteiger partial charge in [0.1, 0.15) is 10.6 Å². The van der Waals surface area contributed by atoms with E-state index in [0.29, 0.717) is 6.42 Å². The second kappa shape index (κ2) is 4.32. The maximum atomic E-state index is 12.1. The Hall–Kier alpha value is -1.38. The number of carboxylic acids is 1. The summed E-state index contributed by atoms with van der Waals surface area (Å²) in [4.78, 5) is 13.0. The molecule has 7 nitrogen and oxygen atoms in total. The van der Waals surface area contributed by atoms with Gasteiger partial charge in [-0.2, -0.15) is 0 Å². The average molecular weight is 288 g/mol. The van der Waals surface area contributed by atoms with E-state index in [1.165, 1.54) is 0 Å². The fourth-order valence-corrected chi connectivity index (χ4v) is 3.41. The van der Waals surface area contributed by atoms with Crippen molar-refractivity contribution < 1.29 is 23.4 Å². The second-order valence-electron chi connectivity index (χ2n) is 5.30. The molecule has 0 radical (unpaired) electrons. The lowest BCUT2D eigenvalue weighted by molar-refractivity contribution is -0.0645. The Bertz CT molecular complexity index is 604. The predicted octanol–water partition coefficient (Wildman–Crippen LogP) is 0.151. The molecule has 2 rings (SSSR count). The van der Waals surface area contributed by atoms with Gasteiger partial charge in [-0.05, 0) is 12.5 Å².